The molecule has 1 amide bonds. The fraction of sp³-hybridized carbons (Fsp3) is 0.918. The second-order valence-electron chi connectivity index (χ2n) is 24.9. The maximum absolute atomic E-state index is 12.5. The Kier molecular flexibility index (Phi) is 67.4. The first kappa shape index (κ1) is 77.3. The van der Waals surface area contributed by atoms with Crippen molar-refractivity contribution in [2.75, 3.05) is 13.2 Å². The number of esters is 1. The molecule has 0 saturated carbocycles. The fourth-order valence-electron chi connectivity index (χ4n) is 11.5. The van der Waals surface area contributed by atoms with Crippen LogP contribution in [0.25, 0.3) is 0 Å². The Morgan fingerprint density at radius 3 is 0.899 bits per heavy atom. The van der Waals surface area contributed by atoms with E-state index in [0.717, 1.165) is 44.9 Å². The monoisotopic (exact) mass is 1110 g/mol. The second kappa shape index (κ2) is 68.8. The van der Waals surface area contributed by atoms with Crippen LogP contribution in [0.4, 0.5) is 0 Å². The lowest BCUT2D eigenvalue weighted by molar-refractivity contribution is -0.143. The number of ether oxygens (including phenoxy) is 1. The molecule has 0 heterocycles. The molecule has 0 aliphatic carbocycles. The van der Waals surface area contributed by atoms with Gasteiger partial charge in [0.05, 0.1) is 25.4 Å². The van der Waals surface area contributed by atoms with Crippen LogP contribution in [0.15, 0.2) is 24.3 Å². The van der Waals surface area contributed by atoms with Crippen molar-refractivity contribution < 1.29 is 24.5 Å². The van der Waals surface area contributed by atoms with Crippen LogP contribution in [-0.4, -0.2) is 47.4 Å². The SMILES string of the molecule is CCCCCCC/C=C\CCCCCCCC(=O)OCCCCCCCCCCCCCCCCCCCCCCCCCCCC(=O)NC(CO)C(O)/C=C/CCCCCCCCCCCCCCCCCCCCCCC. The van der Waals surface area contributed by atoms with Gasteiger partial charge in [0.25, 0.3) is 0 Å². The van der Waals surface area contributed by atoms with Crippen LogP contribution in [0.3, 0.4) is 0 Å². The number of hydrogen-bond acceptors (Lipinski definition) is 5. The Bertz CT molecular complexity index is 1230. The average Bonchev–Trinajstić information content (AvgIpc) is 3.45. The largest absolute Gasteiger partial charge is 0.466 e. The van der Waals surface area contributed by atoms with Gasteiger partial charge in [-0.2, -0.15) is 0 Å². The van der Waals surface area contributed by atoms with Gasteiger partial charge in [0.1, 0.15) is 0 Å². The molecule has 0 bridgehead atoms. The van der Waals surface area contributed by atoms with Crippen LogP contribution in [0.1, 0.15) is 406 Å². The average molecular weight is 1110 g/mol. The molecule has 0 aliphatic rings. The Hall–Kier alpha value is -1.66. The molecule has 468 valence electrons. The summed E-state index contributed by atoms with van der Waals surface area (Å²) < 4.78 is 5.49. The van der Waals surface area contributed by atoms with Crippen LogP contribution >= 0.6 is 0 Å². The lowest BCUT2D eigenvalue weighted by Gasteiger charge is -2.20. The van der Waals surface area contributed by atoms with Crippen LogP contribution in [0.5, 0.6) is 0 Å². The lowest BCUT2D eigenvalue weighted by Crippen LogP contribution is -2.45. The van der Waals surface area contributed by atoms with Crippen molar-refractivity contribution in [2.24, 2.45) is 0 Å². The summed E-state index contributed by atoms with van der Waals surface area (Å²) in [7, 11) is 0. The summed E-state index contributed by atoms with van der Waals surface area (Å²) in [5, 5.41) is 23.3. The molecule has 0 spiro atoms. The van der Waals surface area contributed by atoms with E-state index in [-0.39, 0.29) is 18.5 Å². The number of unbranched alkanes of at least 4 members (excludes halogenated alkanes) is 55. The summed E-state index contributed by atoms with van der Waals surface area (Å²) in [5.41, 5.74) is 0. The van der Waals surface area contributed by atoms with E-state index in [2.05, 4.69) is 31.3 Å². The van der Waals surface area contributed by atoms with E-state index >= 15 is 0 Å². The molecule has 0 aromatic carbocycles. The number of rotatable bonds is 68. The minimum Gasteiger partial charge on any atom is -0.466 e. The summed E-state index contributed by atoms with van der Waals surface area (Å²) in [6.45, 7) is 4.93. The molecule has 0 rings (SSSR count). The van der Waals surface area contributed by atoms with Crippen molar-refractivity contribution in [3.63, 3.8) is 0 Å². The first-order chi connectivity index (χ1) is 39.0. The summed E-state index contributed by atoms with van der Waals surface area (Å²) in [6.07, 6.45) is 86.9. The van der Waals surface area contributed by atoms with E-state index in [4.69, 9.17) is 4.74 Å². The van der Waals surface area contributed by atoms with E-state index in [1.54, 1.807) is 6.08 Å². The topological polar surface area (TPSA) is 95.9 Å². The molecule has 6 heteroatoms. The van der Waals surface area contributed by atoms with Crippen LogP contribution in [-0.2, 0) is 14.3 Å². The third-order valence-electron chi connectivity index (χ3n) is 17.0. The minimum absolute atomic E-state index is 0.00825. The molecule has 0 fully saturated rings. The number of allylic oxidation sites excluding steroid dienone is 3. The number of nitrogens with one attached hydrogen (secondary N) is 1. The van der Waals surface area contributed by atoms with Gasteiger partial charge in [-0.1, -0.05) is 359 Å². The lowest BCUT2D eigenvalue weighted by atomic mass is 10.0. The highest BCUT2D eigenvalue weighted by Crippen LogP contribution is 2.19. The van der Waals surface area contributed by atoms with Crippen molar-refractivity contribution in [3.05, 3.63) is 24.3 Å². The molecule has 3 N–H and O–H groups in total. The Labute approximate surface area is 494 Å². The Morgan fingerprint density at radius 2 is 0.595 bits per heavy atom. The van der Waals surface area contributed by atoms with E-state index < -0.39 is 12.1 Å². The van der Waals surface area contributed by atoms with Gasteiger partial charge in [0.2, 0.25) is 5.91 Å². The van der Waals surface area contributed by atoms with E-state index in [1.165, 1.54) is 334 Å². The van der Waals surface area contributed by atoms with Gasteiger partial charge in [0.15, 0.2) is 0 Å². The zero-order valence-electron chi connectivity index (χ0n) is 53.6. The van der Waals surface area contributed by atoms with Crippen molar-refractivity contribution in [1.82, 2.24) is 5.32 Å². The highest BCUT2D eigenvalue weighted by atomic mass is 16.5. The zero-order chi connectivity index (χ0) is 57.1. The molecular formula is C73H141NO5. The highest BCUT2D eigenvalue weighted by Gasteiger charge is 2.18. The Morgan fingerprint density at radius 1 is 0.342 bits per heavy atom. The van der Waals surface area contributed by atoms with Gasteiger partial charge in [0, 0.05) is 12.8 Å². The van der Waals surface area contributed by atoms with E-state index in [9.17, 15) is 19.8 Å². The predicted octanol–water partition coefficient (Wildman–Crippen LogP) is 23.3. The smallest absolute Gasteiger partial charge is 0.305 e. The van der Waals surface area contributed by atoms with Crippen LogP contribution in [0, 0.1) is 0 Å². The Balaban J connectivity index is 3.39. The quantitative estimate of drug-likeness (QED) is 0.0320. The van der Waals surface area contributed by atoms with Crippen molar-refractivity contribution in [1.29, 1.82) is 0 Å². The van der Waals surface area contributed by atoms with Crippen molar-refractivity contribution in [2.45, 2.75) is 418 Å². The fourth-order valence-corrected chi connectivity index (χ4v) is 11.5. The first-order valence-electron chi connectivity index (χ1n) is 36.1. The minimum atomic E-state index is -0.844. The molecule has 2 unspecified atom stereocenters. The molecule has 79 heavy (non-hydrogen) atoms. The van der Waals surface area contributed by atoms with Gasteiger partial charge in [-0.3, -0.25) is 9.59 Å². The second-order valence-corrected chi connectivity index (χ2v) is 24.9. The van der Waals surface area contributed by atoms with E-state index in [0.29, 0.717) is 19.4 Å². The maximum atomic E-state index is 12.5. The standard InChI is InChI=1S/C73H141NO5/c1-3-5-7-9-11-13-15-17-19-20-21-22-26-29-32-35-38-41-45-49-53-57-61-65-71(76)70(69-75)74-72(77)66-62-58-54-50-46-42-39-36-33-30-27-24-23-25-28-31-34-37-40-44-48-52-56-60-64-68-79-73(78)67-63-59-55-51-47-43-18-16-14-12-10-8-6-4-2/h16,18,61,65,70-71,75-76H,3-15,17,19-60,62-64,66-69H2,1-2H3,(H,74,77)/b18-16-,65-61+. The predicted molar refractivity (Wildman–Crippen MR) is 347 cm³/mol. The number of aliphatic hydroxyl groups excluding tert-OH is 2. The van der Waals surface area contributed by atoms with Gasteiger partial charge in [-0.05, 0) is 57.8 Å². The van der Waals surface area contributed by atoms with E-state index in [1.807, 2.05) is 6.08 Å². The van der Waals surface area contributed by atoms with Crippen LogP contribution in [0.2, 0.25) is 0 Å². The third kappa shape index (κ3) is 65.4. The molecule has 0 aromatic heterocycles. The highest BCUT2D eigenvalue weighted by molar-refractivity contribution is 5.76. The number of aliphatic hydroxyl groups is 2. The number of hydrogen-bond donors (Lipinski definition) is 3. The normalized spacial score (nSPS) is 12.6. The maximum Gasteiger partial charge on any atom is 0.305 e. The van der Waals surface area contributed by atoms with Crippen LogP contribution < -0.4 is 5.32 Å². The summed E-state index contributed by atoms with van der Waals surface area (Å²) in [4.78, 5) is 24.6. The zero-order valence-corrected chi connectivity index (χ0v) is 53.6. The third-order valence-corrected chi connectivity index (χ3v) is 17.0. The first-order valence-corrected chi connectivity index (χ1v) is 36.1. The molecular weight excluding hydrogens is 971 g/mol. The summed E-state index contributed by atoms with van der Waals surface area (Å²) in [5.74, 6) is -0.0535. The summed E-state index contributed by atoms with van der Waals surface area (Å²) in [6, 6.07) is -0.628. The number of carbonyl (C=O) groups is 2. The van der Waals surface area contributed by atoms with Gasteiger partial charge < -0.3 is 20.3 Å². The van der Waals surface area contributed by atoms with Crippen molar-refractivity contribution in [3.8, 4) is 0 Å². The molecule has 0 radical (unpaired) electrons. The molecule has 2 atom stereocenters. The van der Waals surface area contributed by atoms with Gasteiger partial charge in [-0.25, -0.2) is 0 Å². The summed E-state index contributed by atoms with van der Waals surface area (Å²) >= 11 is 0. The molecule has 0 saturated heterocycles. The number of amides is 1. The van der Waals surface area contributed by atoms with Gasteiger partial charge in [-0.15, -0.1) is 0 Å². The number of carbonyl (C=O) groups excluding carboxylic acids is 2. The molecule has 0 aliphatic heterocycles. The molecule has 0 aromatic rings. The van der Waals surface area contributed by atoms with Crippen molar-refractivity contribution >= 4 is 11.9 Å². The van der Waals surface area contributed by atoms with Gasteiger partial charge >= 0.3 is 5.97 Å². The molecule has 6 nitrogen and oxygen atoms in total.